The number of aromatic nitrogens is 1. The van der Waals surface area contributed by atoms with Gasteiger partial charge in [0, 0.05) is 11.4 Å². The molecule has 2 rings (SSSR count). The second kappa shape index (κ2) is 5.19. The van der Waals surface area contributed by atoms with Crippen molar-refractivity contribution in [1.29, 1.82) is 0 Å². The summed E-state index contributed by atoms with van der Waals surface area (Å²) in [7, 11) is -3.53. The number of thiophene rings is 1. The van der Waals surface area contributed by atoms with Crippen LogP contribution in [0.25, 0.3) is 0 Å². The predicted molar refractivity (Wildman–Crippen MR) is 67.5 cm³/mol. The number of nitrogens with zero attached hydrogens (tertiary/aromatic N) is 1. The monoisotopic (exact) mass is 287 g/mol. The van der Waals surface area contributed by atoms with Crippen LogP contribution in [0.2, 0.25) is 0 Å². The highest BCUT2D eigenvalue weighted by atomic mass is 32.2. The third-order valence-corrected chi connectivity index (χ3v) is 5.19. The molecule has 0 spiro atoms. The molecule has 0 saturated carbocycles. The largest absolute Gasteiger partial charge is 0.445 e. The van der Waals surface area contributed by atoms with Gasteiger partial charge in [-0.1, -0.05) is 0 Å². The van der Waals surface area contributed by atoms with Gasteiger partial charge in [-0.25, -0.2) is 18.1 Å². The summed E-state index contributed by atoms with van der Waals surface area (Å²) in [6.45, 7) is 2.11. The molecule has 0 aliphatic heterocycles. The minimum Gasteiger partial charge on any atom is -0.445 e. The van der Waals surface area contributed by atoms with Crippen LogP contribution in [0.1, 0.15) is 16.5 Å². The van der Waals surface area contributed by atoms with Crippen LogP contribution in [0.15, 0.2) is 27.0 Å². The van der Waals surface area contributed by atoms with E-state index in [1.807, 2.05) is 0 Å². The van der Waals surface area contributed by atoms with Gasteiger partial charge in [-0.05, 0) is 19.1 Å². The number of oxazole rings is 1. The molecular formula is C10H13N3O3S2. The Morgan fingerprint density at radius 1 is 1.50 bits per heavy atom. The van der Waals surface area contributed by atoms with E-state index in [0.29, 0.717) is 18.2 Å². The summed E-state index contributed by atoms with van der Waals surface area (Å²) in [5.41, 5.74) is 5.44. The number of nitrogens with two attached hydrogens (primary N) is 1. The molecular weight excluding hydrogens is 274 g/mol. The molecule has 0 bridgehead atoms. The summed E-state index contributed by atoms with van der Waals surface area (Å²) in [5, 5.41) is 0. The number of rotatable bonds is 5. The lowest BCUT2D eigenvalue weighted by molar-refractivity contribution is 0.463. The van der Waals surface area contributed by atoms with Crippen molar-refractivity contribution in [3.05, 3.63) is 34.9 Å². The van der Waals surface area contributed by atoms with Crippen molar-refractivity contribution in [2.75, 3.05) is 0 Å². The maximum Gasteiger partial charge on any atom is 0.250 e. The van der Waals surface area contributed by atoms with Crippen LogP contribution in [-0.4, -0.2) is 13.4 Å². The van der Waals surface area contributed by atoms with Gasteiger partial charge < -0.3 is 10.2 Å². The molecule has 18 heavy (non-hydrogen) atoms. The maximum atomic E-state index is 11.9. The molecule has 2 heterocycles. The normalized spacial score (nSPS) is 11.9. The zero-order valence-corrected chi connectivity index (χ0v) is 11.3. The summed E-state index contributed by atoms with van der Waals surface area (Å²) in [5.74, 6) is 0.984. The first-order valence-electron chi connectivity index (χ1n) is 5.21. The smallest absolute Gasteiger partial charge is 0.250 e. The van der Waals surface area contributed by atoms with Crippen LogP contribution in [0.3, 0.4) is 0 Å². The number of sulfonamides is 1. The molecule has 3 N–H and O–H groups in total. The molecule has 6 nitrogen and oxygen atoms in total. The van der Waals surface area contributed by atoms with Crippen molar-refractivity contribution in [3.8, 4) is 0 Å². The van der Waals surface area contributed by atoms with E-state index in [4.69, 9.17) is 10.2 Å². The lowest BCUT2D eigenvalue weighted by Gasteiger charge is -2.01. The summed E-state index contributed by atoms with van der Waals surface area (Å²) < 4.78 is 31.7. The van der Waals surface area contributed by atoms with Gasteiger partial charge in [0.2, 0.25) is 5.89 Å². The zero-order valence-electron chi connectivity index (χ0n) is 9.71. The van der Waals surface area contributed by atoms with Gasteiger partial charge in [0.1, 0.15) is 9.97 Å². The molecule has 0 amide bonds. The van der Waals surface area contributed by atoms with Gasteiger partial charge >= 0.3 is 0 Å². The first kappa shape index (κ1) is 13.2. The van der Waals surface area contributed by atoms with E-state index in [9.17, 15) is 8.42 Å². The highest BCUT2D eigenvalue weighted by Gasteiger charge is 2.17. The number of nitrogens with one attached hydrogen (secondary N) is 1. The minimum atomic E-state index is -3.53. The van der Waals surface area contributed by atoms with Crippen molar-refractivity contribution < 1.29 is 12.8 Å². The standard InChI is InChI=1S/C10H13N3O3S2/c1-7-5-12-9(16-7)6-13-18(14,15)10-3-2-8(4-11)17-10/h2-3,5,13H,4,6,11H2,1H3. The van der Waals surface area contributed by atoms with Crippen molar-refractivity contribution in [2.45, 2.75) is 24.2 Å². The Kier molecular flexibility index (Phi) is 3.81. The molecule has 0 unspecified atom stereocenters. The second-order valence-corrected chi connectivity index (χ2v) is 6.78. The van der Waals surface area contributed by atoms with Crippen LogP contribution in [-0.2, 0) is 23.1 Å². The van der Waals surface area contributed by atoms with Crippen molar-refractivity contribution in [1.82, 2.24) is 9.71 Å². The Hall–Kier alpha value is -1.22. The molecule has 98 valence electrons. The van der Waals surface area contributed by atoms with Gasteiger partial charge in [-0.2, -0.15) is 0 Å². The molecule has 8 heteroatoms. The van der Waals surface area contributed by atoms with Crippen LogP contribution in [0.5, 0.6) is 0 Å². The molecule has 0 aromatic carbocycles. The number of aryl methyl sites for hydroxylation is 1. The van der Waals surface area contributed by atoms with Gasteiger partial charge in [-0.15, -0.1) is 11.3 Å². The van der Waals surface area contributed by atoms with Crippen LogP contribution in [0.4, 0.5) is 0 Å². The number of hydrogen-bond donors (Lipinski definition) is 2. The minimum absolute atomic E-state index is 0.0338. The maximum absolute atomic E-state index is 11.9. The molecule has 2 aromatic rings. The van der Waals surface area contributed by atoms with Crippen molar-refractivity contribution in [3.63, 3.8) is 0 Å². The van der Waals surface area contributed by atoms with Gasteiger partial charge in [0.25, 0.3) is 10.0 Å². The van der Waals surface area contributed by atoms with E-state index in [-0.39, 0.29) is 10.8 Å². The topological polar surface area (TPSA) is 98.2 Å². The quantitative estimate of drug-likeness (QED) is 0.854. The van der Waals surface area contributed by atoms with Crippen LogP contribution < -0.4 is 10.5 Å². The Morgan fingerprint density at radius 3 is 2.83 bits per heavy atom. The summed E-state index contributed by atoms with van der Waals surface area (Å²) >= 11 is 1.15. The molecule has 0 aliphatic carbocycles. The molecule has 0 saturated heterocycles. The van der Waals surface area contributed by atoms with Crippen molar-refractivity contribution in [2.24, 2.45) is 5.73 Å². The van der Waals surface area contributed by atoms with Crippen LogP contribution >= 0.6 is 11.3 Å². The predicted octanol–water partition coefficient (Wildman–Crippen LogP) is 0.982. The summed E-state index contributed by atoms with van der Waals surface area (Å²) in [6.07, 6.45) is 1.54. The van der Waals surface area contributed by atoms with Crippen LogP contribution in [0, 0.1) is 6.92 Å². The van der Waals surface area contributed by atoms with Crippen molar-refractivity contribution >= 4 is 21.4 Å². The fourth-order valence-electron chi connectivity index (χ4n) is 1.32. The average molecular weight is 287 g/mol. The van der Waals surface area contributed by atoms with E-state index >= 15 is 0 Å². The Bertz CT molecular complexity index is 630. The van der Waals surface area contributed by atoms with E-state index in [1.54, 1.807) is 19.2 Å². The van der Waals surface area contributed by atoms with Gasteiger partial charge in [-0.3, -0.25) is 0 Å². The average Bonchev–Trinajstić information content (AvgIpc) is 2.95. The molecule has 0 aliphatic rings. The first-order chi connectivity index (χ1) is 8.51. The lowest BCUT2D eigenvalue weighted by atomic mass is 10.5. The number of hydrogen-bond acceptors (Lipinski definition) is 6. The highest BCUT2D eigenvalue weighted by molar-refractivity contribution is 7.91. The third-order valence-electron chi connectivity index (χ3n) is 2.19. The first-order valence-corrected chi connectivity index (χ1v) is 7.51. The molecule has 2 aromatic heterocycles. The van der Waals surface area contributed by atoms with Gasteiger partial charge in [0.15, 0.2) is 0 Å². The van der Waals surface area contributed by atoms with E-state index in [2.05, 4.69) is 9.71 Å². The summed E-state index contributed by atoms with van der Waals surface area (Å²) in [4.78, 5) is 4.75. The lowest BCUT2D eigenvalue weighted by Crippen LogP contribution is -2.22. The second-order valence-electron chi connectivity index (χ2n) is 3.61. The SMILES string of the molecule is Cc1cnc(CNS(=O)(=O)c2ccc(CN)s2)o1. The molecule has 0 atom stereocenters. The van der Waals surface area contributed by atoms with E-state index < -0.39 is 10.0 Å². The Labute approximate surface area is 109 Å². The Morgan fingerprint density at radius 2 is 2.28 bits per heavy atom. The highest BCUT2D eigenvalue weighted by Crippen LogP contribution is 2.21. The van der Waals surface area contributed by atoms with E-state index in [1.165, 1.54) is 6.07 Å². The van der Waals surface area contributed by atoms with Gasteiger partial charge in [0.05, 0.1) is 12.7 Å². The van der Waals surface area contributed by atoms with E-state index in [0.717, 1.165) is 16.2 Å². The Balaban J connectivity index is 2.07. The fraction of sp³-hybridized carbons (Fsp3) is 0.300. The molecule has 0 radical (unpaired) electrons. The zero-order chi connectivity index (χ0) is 13.2. The molecule has 0 fully saturated rings. The summed E-state index contributed by atoms with van der Waals surface area (Å²) in [6, 6.07) is 3.24. The third kappa shape index (κ3) is 2.96. The fourth-order valence-corrected chi connectivity index (χ4v) is 3.58.